The van der Waals surface area contributed by atoms with Crippen molar-refractivity contribution in [1.29, 1.82) is 0 Å². The van der Waals surface area contributed by atoms with E-state index >= 15 is 0 Å². The summed E-state index contributed by atoms with van der Waals surface area (Å²) in [5.74, 6) is 0.899. The molecule has 0 unspecified atom stereocenters. The Labute approximate surface area is 179 Å². The fraction of sp³-hybridized carbons (Fsp3) is 0.217. The summed E-state index contributed by atoms with van der Waals surface area (Å²) in [4.78, 5) is 9.40. The number of aromatic nitrogens is 5. The van der Waals surface area contributed by atoms with Crippen molar-refractivity contribution in [3.63, 3.8) is 0 Å². The van der Waals surface area contributed by atoms with Crippen molar-refractivity contribution < 1.29 is 9.12 Å². The van der Waals surface area contributed by atoms with E-state index < -0.39 is 0 Å². The van der Waals surface area contributed by atoms with Gasteiger partial charge in [0.2, 0.25) is 0 Å². The van der Waals surface area contributed by atoms with Gasteiger partial charge in [0.05, 0.1) is 5.69 Å². The topological polar surface area (TPSA) is 82.6 Å². The summed E-state index contributed by atoms with van der Waals surface area (Å²) in [5, 5.41) is 19.5. The SMILES string of the molecule is CCCc1nn(C)c2c(NCc3ccc(F)cc3)nc(/C=C/c3ccc[n+]([O-])c3)nc12. The van der Waals surface area contributed by atoms with E-state index in [2.05, 4.69) is 22.3 Å². The third-order valence-corrected chi connectivity index (χ3v) is 4.85. The molecule has 0 aliphatic heterocycles. The van der Waals surface area contributed by atoms with Gasteiger partial charge in [-0.3, -0.25) is 4.68 Å². The van der Waals surface area contributed by atoms with E-state index in [4.69, 9.17) is 4.98 Å². The summed E-state index contributed by atoms with van der Waals surface area (Å²) in [7, 11) is 1.88. The molecule has 158 valence electrons. The van der Waals surface area contributed by atoms with Crippen molar-refractivity contribution in [2.24, 2.45) is 7.05 Å². The van der Waals surface area contributed by atoms with Crippen LogP contribution in [0.3, 0.4) is 0 Å². The third-order valence-electron chi connectivity index (χ3n) is 4.85. The predicted molar refractivity (Wildman–Crippen MR) is 118 cm³/mol. The smallest absolute Gasteiger partial charge is 0.187 e. The molecule has 1 aromatic carbocycles. The largest absolute Gasteiger partial charge is 0.619 e. The van der Waals surface area contributed by atoms with Gasteiger partial charge in [0.15, 0.2) is 24.0 Å². The van der Waals surface area contributed by atoms with Crippen LogP contribution in [0.4, 0.5) is 10.2 Å². The molecule has 31 heavy (non-hydrogen) atoms. The van der Waals surface area contributed by atoms with Gasteiger partial charge in [-0.2, -0.15) is 9.83 Å². The quantitative estimate of drug-likeness (QED) is 0.364. The van der Waals surface area contributed by atoms with Crippen LogP contribution in [-0.4, -0.2) is 19.7 Å². The molecule has 7 nitrogen and oxygen atoms in total. The number of benzene rings is 1. The lowest BCUT2D eigenvalue weighted by Gasteiger charge is -2.09. The Bertz CT molecular complexity index is 1230. The highest BCUT2D eigenvalue weighted by molar-refractivity contribution is 5.88. The van der Waals surface area contributed by atoms with E-state index in [-0.39, 0.29) is 5.82 Å². The number of aryl methyl sites for hydroxylation is 2. The second-order valence-electron chi connectivity index (χ2n) is 7.26. The second kappa shape index (κ2) is 8.91. The Morgan fingerprint density at radius 3 is 2.71 bits per heavy atom. The fourth-order valence-corrected chi connectivity index (χ4v) is 3.39. The first kappa shape index (κ1) is 20.5. The van der Waals surface area contributed by atoms with Crippen LogP contribution in [0, 0.1) is 11.0 Å². The molecule has 4 aromatic rings. The number of fused-ring (bicyclic) bond motifs is 1. The molecule has 4 rings (SSSR count). The Hall–Kier alpha value is -3.81. The number of hydrogen-bond acceptors (Lipinski definition) is 5. The fourth-order valence-electron chi connectivity index (χ4n) is 3.39. The van der Waals surface area contributed by atoms with E-state index in [9.17, 15) is 9.60 Å². The minimum atomic E-state index is -0.267. The highest BCUT2D eigenvalue weighted by Crippen LogP contribution is 2.25. The zero-order valence-corrected chi connectivity index (χ0v) is 17.4. The zero-order valence-electron chi connectivity index (χ0n) is 17.4. The molecule has 3 aromatic heterocycles. The van der Waals surface area contributed by atoms with E-state index in [0.717, 1.165) is 45.4 Å². The van der Waals surface area contributed by atoms with Crippen molar-refractivity contribution in [2.75, 3.05) is 5.32 Å². The first-order valence-corrected chi connectivity index (χ1v) is 10.1. The molecule has 0 spiro atoms. The van der Waals surface area contributed by atoms with Gasteiger partial charge in [-0.15, -0.1) is 0 Å². The lowest BCUT2D eigenvalue weighted by atomic mass is 10.2. The molecule has 0 fully saturated rings. The molecular weight excluding hydrogens is 395 g/mol. The summed E-state index contributed by atoms with van der Waals surface area (Å²) < 4.78 is 15.7. The van der Waals surface area contributed by atoms with Crippen LogP contribution in [0.25, 0.3) is 23.2 Å². The van der Waals surface area contributed by atoms with E-state index in [1.165, 1.54) is 24.5 Å². The van der Waals surface area contributed by atoms with E-state index in [1.54, 1.807) is 35.0 Å². The van der Waals surface area contributed by atoms with Crippen LogP contribution < -0.4 is 10.0 Å². The van der Waals surface area contributed by atoms with Gasteiger partial charge in [0.1, 0.15) is 16.9 Å². The lowest BCUT2D eigenvalue weighted by molar-refractivity contribution is -0.605. The third kappa shape index (κ3) is 4.69. The molecule has 0 bridgehead atoms. The van der Waals surface area contributed by atoms with Crippen LogP contribution in [0.1, 0.15) is 36.0 Å². The summed E-state index contributed by atoms with van der Waals surface area (Å²) in [6.45, 7) is 2.59. The molecule has 0 amide bonds. The van der Waals surface area contributed by atoms with Crippen LogP contribution in [0.5, 0.6) is 0 Å². The molecule has 3 heterocycles. The molecule has 0 atom stereocenters. The molecule has 0 aliphatic rings. The predicted octanol–water partition coefficient (Wildman–Crippen LogP) is 3.87. The van der Waals surface area contributed by atoms with Crippen LogP contribution in [-0.2, 0) is 20.0 Å². The standard InChI is InChI=1S/C23H23FN6O/c1-3-5-19-21-22(29(2)28-19)23(25-14-16-7-10-18(24)11-8-16)27-20(26-21)12-9-17-6-4-13-30(31)15-17/h4,6-13,15H,3,5,14H2,1-2H3,(H,25,26,27)/b12-9+. The van der Waals surface area contributed by atoms with Crippen LogP contribution in [0.15, 0.2) is 48.8 Å². The molecule has 1 N–H and O–H groups in total. The van der Waals surface area contributed by atoms with Crippen molar-refractivity contribution >= 4 is 29.0 Å². The number of halogens is 1. The van der Waals surface area contributed by atoms with Crippen molar-refractivity contribution in [2.45, 2.75) is 26.3 Å². The molecule has 0 saturated carbocycles. The summed E-state index contributed by atoms with van der Waals surface area (Å²) in [5.41, 5.74) is 4.22. The number of anilines is 1. The Kier molecular flexibility index (Phi) is 5.88. The van der Waals surface area contributed by atoms with E-state index in [0.29, 0.717) is 18.2 Å². The number of pyridine rings is 1. The van der Waals surface area contributed by atoms with Gasteiger partial charge in [-0.1, -0.05) is 25.5 Å². The van der Waals surface area contributed by atoms with Gasteiger partial charge in [0.25, 0.3) is 0 Å². The highest BCUT2D eigenvalue weighted by Gasteiger charge is 2.16. The number of nitrogens with one attached hydrogen (secondary N) is 1. The molecule has 0 saturated heterocycles. The normalized spacial score (nSPS) is 11.5. The van der Waals surface area contributed by atoms with Crippen molar-refractivity contribution in [3.8, 4) is 0 Å². The molecular formula is C23H23FN6O. The summed E-state index contributed by atoms with van der Waals surface area (Å²) in [6, 6.07) is 9.87. The Morgan fingerprint density at radius 2 is 1.97 bits per heavy atom. The zero-order chi connectivity index (χ0) is 21.8. The maximum atomic E-state index is 13.2. The Balaban J connectivity index is 1.72. The average molecular weight is 418 g/mol. The van der Waals surface area contributed by atoms with Crippen molar-refractivity contribution in [3.05, 3.63) is 82.5 Å². The average Bonchev–Trinajstić information content (AvgIpc) is 3.07. The number of nitrogens with zero attached hydrogens (tertiary/aromatic N) is 5. The maximum absolute atomic E-state index is 13.2. The second-order valence-corrected chi connectivity index (χ2v) is 7.26. The Morgan fingerprint density at radius 1 is 1.16 bits per heavy atom. The van der Waals surface area contributed by atoms with Gasteiger partial charge in [-0.25, -0.2) is 14.4 Å². The number of hydrogen-bond donors (Lipinski definition) is 1. The molecule has 8 heteroatoms. The van der Waals surface area contributed by atoms with Gasteiger partial charge >= 0.3 is 0 Å². The highest BCUT2D eigenvalue weighted by atomic mass is 19.1. The van der Waals surface area contributed by atoms with Gasteiger partial charge in [0, 0.05) is 25.2 Å². The monoisotopic (exact) mass is 418 g/mol. The maximum Gasteiger partial charge on any atom is 0.187 e. The number of rotatable bonds is 7. The molecule has 0 radical (unpaired) electrons. The van der Waals surface area contributed by atoms with Crippen molar-refractivity contribution in [1.82, 2.24) is 19.7 Å². The minimum Gasteiger partial charge on any atom is -0.619 e. The molecule has 0 aliphatic carbocycles. The first-order valence-electron chi connectivity index (χ1n) is 10.1. The minimum absolute atomic E-state index is 0.267. The summed E-state index contributed by atoms with van der Waals surface area (Å²) in [6.07, 6.45) is 8.26. The van der Waals surface area contributed by atoms with Crippen LogP contribution in [0.2, 0.25) is 0 Å². The first-order chi connectivity index (χ1) is 15.0. The van der Waals surface area contributed by atoms with Gasteiger partial charge in [-0.05, 0) is 42.3 Å². The lowest BCUT2D eigenvalue weighted by Crippen LogP contribution is -2.24. The van der Waals surface area contributed by atoms with Gasteiger partial charge < -0.3 is 10.5 Å². The summed E-state index contributed by atoms with van der Waals surface area (Å²) >= 11 is 0. The van der Waals surface area contributed by atoms with Crippen LogP contribution >= 0.6 is 0 Å². The van der Waals surface area contributed by atoms with E-state index in [1.807, 2.05) is 13.1 Å².